The first-order valence-corrected chi connectivity index (χ1v) is 9.42. The maximum atomic E-state index is 12.2. The van der Waals surface area contributed by atoms with Crippen molar-refractivity contribution in [1.29, 1.82) is 0 Å². The van der Waals surface area contributed by atoms with E-state index < -0.39 is 0 Å². The summed E-state index contributed by atoms with van der Waals surface area (Å²) in [4.78, 5) is 12.2. The van der Waals surface area contributed by atoms with Gasteiger partial charge in [0.15, 0.2) is 6.61 Å². The van der Waals surface area contributed by atoms with Crippen molar-refractivity contribution in [3.05, 3.63) is 87.9 Å². The van der Waals surface area contributed by atoms with Crippen LogP contribution in [0.2, 0.25) is 5.02 Å². The lowest BCUT2D eigenvalue weighted by molar-refractivity contribution is -0.118. The van der Waals surface area contributed by atoms with Crippen LogP contribution in [0.1, 0.15) is 5.56 Å². The van der Waals surface area contributed by atoms with E-state index in [4.69, 9.17) is 21.1 Å². The first kappa shape index (κ1) is 19.3. The van der Waals surface area contributed by atoms with Crippen LogP contribution in [0.25, 0.3) is 0 Å². The highest BCUT2D eigenvalue weighted by Gasteiger charge is 2.10. The number of rotatable bonds is 7. The summed E-state index contributed by atoms with van der Waals surface area (Å²) in [7, 11) is 0. The molecule has 0 aliphatic heterocycles. The molecule has 0 radical (unpaired) electrons. The summed E-state index contributed by atoms with van der Waals surface area (Å²) in [5.41, 5.74) is 1.63. The van der Waals surface area contributed by atoms with Crippen molar-refractivity contribution in [2.75, 3.05) is 11.9 Å². The zero-order valence-corrected chi connectivity index (χ0v) is 16.7. The lowest BCUT2D eigenvalue weighted by Gasteiger charge is -2.13. The number of para-hydroxylation sites is 2. The van der Waals surface area contributed by atoms with Gasteiger partial charge in [-0.25, -0.2) is 0 Å². The largest absolute Gasteiger partial charge is 0.487 e. The van der Waals surface area contributed by atoms with E-state index in [1.54, 1.807) is 24.3 Å². The third-order valence-corrected chi connectivity index (χ3v) is 4.44. The fourth-order valence-corrected chi connectivity index (χ4v) is 3.08. The number of halogens is 2. The van der Waals surface area contributed by atoms with E-state index in [0.717, 1.165) is 10.0 Å². The standard InChI is InChI=1S/C21H17BrClNO3/c22-16-10-11-19(17(23)12-16)27-14-21(25)24-18-8-4-5-9-20(18)26-13-15-6-2-1-3-7-15/h1-12H,13-14H2,(H,24,25). The van der Waals surface area contributed by atoms with Gasteiger partial charge in [-0.15, -0.1) is 0 Å². The van der Waals surface area contributed by atoms with E-state index in [1.807, 2.05) is 48.5 Å². The summed E-state index contributed by atoms with van der Waals surface area (Å²) in [5, 5.41) is 3.24. The van der Waals surface area contributed by atoms with Crippen molar-refractivity contribution in [3.63, 3.8) is 0 Å². The number of hydrogen-bond donors (Lipinski definition) is 1. The van der Waals surface area contributed by atoms with Gasteiger partial charge >= 0.3 is 0 Å². The Morgan fingerprint density at radius 1 is 0.926 bits per heavy atom. The lowest BCUT2D eigenvalue weighted by Crippen LogP contribution is -2.20. The van der Waals surface area contributed by atoms with Gasteiger partial charge in [0, 0.05) is 4.47 Å². The van der Waals surface area contributed by atoms with Gasteiger partial charge in [-0.1, -0.05) is 70.0 Å². The smallest absolute Gasteiger partial charge is 0.262 e. The Kier molecular flexibility index (Phi) is 6.74. The number of anilines is 1. The Hall–Kier alpha value is -2.50. The number of benzene rings is 3. The number of amides is 1. The van der Waals surface area contributed by atoms with Gasteiger partial charge in [-0.2, -0.15) is 0 Å². The van der Waals surface area contributed by atoms with Crippen molar-refractivity contribution in [2.45, 2.75) is 6.61 Å². The molecule has 6 heteroatoms. The van der Waals surface area contributed by atoms with Crippen LogP contribution < -0.4 is 14.8 Å². The third kappa shape index (κ3) is 5.74. The van der Waals surface area contributed by atoms with Crippen LogP contribution in [-0.2, 0) is 11.4 Å². The second-order valence-corrected chi connectivity index (χ2v) is 7.00. The van der Waals surface area contributed by atoms with Crippen LogP contribution in [0.5, 0.6) is 11.5 Å². The molecule has 0 fully saturated rings. The summed E-state index contributed by atoms with van der Waals surface area (Å²) < 4.78 is 12.2. The maximum Gasteiger partial charge on any atom is 0.262 e. The Labute approximate surface area is 171 Å². The quantitative estimate of drug-likeness (QED) is 0.506. The van der Waals surface area contributed by atoms with Crippen LogP contribution in [0, 0.1) is 0 Å². The molecule has 0 bridgehead atoms. The molecule has 0 saturated carbocycles. The average molecular weight is 447 g/mol. The Bertz CT molecular complexity index is 918. The predicted octanol–water partition coefficient (Wildman–Crippen LogP) is 5.70. The number of hydrogen-bond acceptors (Lipinski definition) is 3. The Morgan fingerprint density at radius 2 is 1.67 bits per heavy atom. The first-order valence-electron chi connectivity index (χ1n) is 8.25. The zero-order valence-electron chi connectivity index (χ0n) is 14.3. The van der Waals surface area contributed by atoms with Gasteiger partial charge in [-0.05, 0) is 35.9 Å². The minimum Gasteiger partial charge on any atom is -0.487 e. The van der Waals surface area contributed by atoms with Gasteiger partial charge in [0.1, 0.15) is 18.1 Å². The van der Waals surface area contributed by atoms with E-state index in [1.165, 1.54) is 0 Å². The van der Waals surface area contributed by atoms with Gasteiger partial charge in [0.2, 0.25) is 0 Å². The molecule has 1 amide bonds. The molecule has 27 heavy (non-hydrogen) atoms. The van der Waals surface area contributed by atoms with Crippen LogP contribution in [-0.4, -0.2) is 12.5 Å². The summed E-state index contributed by atoms with van der Waals surface area (Å²) in [6.45, 7) is 0.257. The van der Waals surface area contributed by atoms with E-state index in [0.29, 0.717) is 28.8 Å². The summed E-state index contributed by atoms with van der Waals surface area (Å²) in [6.07, 6.45) is 0. The van der Waals surface area contributed by atoms with Crippen molar-refractivity contribution >= 4 is 39.1 Å². The molecule has 0 atom stereocenters. The molecular formula is C21H17BrClNO3. The normalized spacial score (nSPS) is 10.3. The fourth-order valence-electron chi connectivity index (χ4n) is 2.35. The summed E-state index contributed by atoms with van der Waals surface area (Å²) in [6, 6.07) is 22.3. The van der Waals surface area contributed by atoms with Crippen LogP contribution in [0.15, 0.2) is 77.3 Å². The minimum atomic E-state index is -0.301. The number of carbonyl (C=O) groups excluding carboxylic acids is 1. The highest BCUT2D eigenvalue weighted by atomic mass is 79.9. The van der Waals surface area contributed by atoms with Crippen LogP contribution in [0.3, 0.4) is 0 Å². The summed E-state index contributed by atoms with van der Waals surface area (Å²) >= 11 is 9.42. The number of carbonyl (C=O) groups is 1. The second-order valence-electron chi connectivity index (χ2n) is 5.68. The second kappa shape index (κ2) is 9.44. The number of nitrogens with one attached hydrogen (secondary N) is 1. The lowest BCUT2D eigenvalue weighted by atomic mass is 10.2. The molecule has 4 nitrogen and oxygen atoms in total. The molecule has 0 aromatic heterocycles. The summed E-state index contributed by atoms with van der Waals surface area (Å²) in [5.74, 6) is 0.741. The van der Waals surface area contributed by atoms with E-state index >= 15 is 0 Å². The van der Waals surface area contributed by atoms with Crippen molar-refractivity contribution < 1.29 is 14.3 Å². The predicted molar refractivity (Wildman–Crippen MR) is 110 cm³/mol. The Balaban J connectivity index is 1.59. The molecule has 0 saturated heterocycles. The fraction of sp³-hybridized carbons (Fsp3) is 0.0952. The minimum absolute atomic E-state index is 0.158. The molecule has 0 spiro atoms. The molecule has 0 aliphatic carbocycles. The van der Waals surface area contributed by atoms with Crippen LogP contribution in [0.4, 0.5) is 5.69 Å². The highest BCUT2D eigenvalue weighted by Crippen LogP contribution is 2.28. The SMILES string of the molecule is O=C(COc1ccc(Br)cc1Cl)Nc1ccccc1OCc1ccccc1. The van der Waals surface area contributed by atoms with Gasteiger partial charge in [-0.3, -0.25) is 4.79 Å². The topological polar surface area (TPSA) is 47.6 Å². The molecule has 0 aliphatic rings. The van der Waals surface area contributed by atoms with Crippen molar-refractivity contribution in [2.24, 2.45) is 0 Å². The molecule has 0 heterocycles. The highest BCUT2D eigenvalue weighted by molar-refractivity contribution is 9.10. The van der Waals surface area contributed by atoms with E-state index in [2.05, 4.69) is 21.2 Å². The van der Waals surface area contributed by atoms with Gasteiger partial charge in [0.05, 0.1) is 10.7 Å². The number of ether oxygens (including phenoxy) is 2. The molecule has 3 aromatic rings. The molecule has 1 N–H and O–H groups in total. The van der Waals surface area contributed by atoms with Crippen molar-refractivity contribution in [1.82, 2.24) is 0 Å². The molecule has 3 aromatic carbocycles. The van der Waals surface area contributed by atoms with E-state index in [-0.39, 0.29) is 12.5 Å². The molecular weight excluding hydrogens is 430 g/mol. The molecule has 0 unspecified atom stereocenters. The van der Waals surface area contributed by atoms with Crippen LogP contribution >= 0.6 is 27.5 Å². The molecule has 138 valence electrons. The van der Waals surface area contributed by atoms with Crippen molar-refractivity contribution in [3.8, 4) is 11.5 Å². The zero-order chi connectivity index (χ0) is 19.1. The molecule has 3 rings (SSSR count). The first-order chi connectivity index (χ1) is 13.1. The third-order valence-electron chi connectivity index (χ3n) is 3.65. The van der Waals surface area contributed by atoms with Gasteiger partial charge in [0.25, 0.3) is 5.91 Å². The maximum absolute atomic E-state index is 12.2. The Morgan fingerprint density at radius 3 is 2.44 bits per heavy atom. The van der Waals surface area contributed by atoms with E-state index in [9.17, 15) is 4.79 Å². The average Bonchev–Trinajstić information content (AvgIpc) is 2.67. The van der Waals surface area contributed by atoms with Gasteiger partial charge < -0.3 is 14.8 Å². The monoisotopic (exact) mass is 445 g/mol.